The number of nitrogens with one attached hydrogen (secondary N) is 1. The Bertz CT molecular complexity index is 805. The van der Waals surface area contributed by atoms with Crippen molar-refractivity contribution in [2.45, 2.75) is 31.4 Å². The quantitative estimate of drug-likeness (QED) is 0.663. The zero-order chi connectivity index (χ0) is 20.0. The van der Waals surface area contributed by atoms with E-state index in [0.717, 1.165) is 5.69 Å². The fourth-order valence-corrected chi connectivity index (χ4v) is 3.36. The second-order valence-corrected chi connectivity index (χ2v) is 6.94. The standard InChI is InChI=1S/C20H25FN4O3/c1-28-17-3-4-18(21)15(11-17)13-25-10-2-6-20(27,19(25)26)14-23-7-5-16-12-22-8-9-24-16/h3-4,8-9,11-12,23,27H,2,5-7,10,13-14H2,1H3. The van der Waals surface area contributed by atoms with Gasteiger partial charge >= 0.3 is 0 Å². The van der Waals surface area contributed by atoms with Gasteiger partial charge in [-0.05, 0) is 31.0 Å². The molecule has 2 N–H and O–H groups in total. The third-order valence-corrected chi connectivity index (χ3v) is 4.91. The summed E-state index contributed by atoms with van der Waals surface area (Å²) in [4.78, 5) is 22.5. The van der Waals surface area contributed by atoms with Crippen LogP contribution in [0.3, 0.4) is 0 Å². The van der Waals surface area contributed by atoms with Crippen LogP contribution in [0.1, 0.15) is 24.1 Å². The van der Waals surface area contributed by atoms with Crippen LogP contribution in [-0.2, 0) is 17.8 Å². The molecule has 7 nitrogen and oxygen atoms in total. The fraction of sp³-hybridized carbons (Fsp3) is 0.450. The van der Waals surface area contributed by atoms with Crippen molar-refractivity contribution in [2.75, 3.05) is 26.7 Å². The molecule has 2 heterocycles. The molecule has 1 aliphatic rings. The molecule has 8 heteroatoms. The third kappa shape index (κ3) is 4.82. The molecule has 0 bridgehead atoms. The van der Waals surface area contributed by atoms with Crippen molar-refractivity contribution in [2.24, 2.45) is 0 Å². The molecule has 2 aromatic rings. The smallest absolute Gasteiger partial charge is 0.256 e. The molecule has 0 spiro atoms. The summed E-state index contributed by atoms with van der Waals surface area (Å²) in [5.41, 5.74) is -0.282. The van der Waals surface area contributed by atoms with Gasteiger partial charge in [0.2, 0.25) is 0 Å². The normalized spacial score (nSPS) is 19.7. The van der Waals surface area contributed by atoms with Crippen LogP contribution in [0.2, 0.25) is 0 Å². The molecule has 0 aliphatic carbocycles. The number of carbonyl (C=O) groups excluding carboxylic acids is 1. The van der Waals surface area contributed by atoms with Crippen LogP contribution in [0.5, 0.6) is 5.75 Å². The minimum atomic E-state index is -1.49. The van der Waals surface area contributed by atoms with Gasteiger partial charge in [-0.1, -0.05) is 0 Å². The molecule has 1 saturated heterocycles. The van der Waals surface area contributed by atoms with Crippen LogP contribution in [0.25, 0.3) is 0 Å². The monoisotopic (exact) mass is 388 g/mol. The first-order valence-corrected chi connectivity index (χ1v) is 9.31. The number of methoxy groups -OCH3 is 1. The Morgan fingerprint density at radius 2 is 2.25 bits per heavy atom. The first-order valence-electron chi connectivity index (χ1n) is 9.31. The SMILES string of the molecule is COc1ccc(F)c(CN2CCCC(O)(CNCCc3cnccn3)C2=O)c1. The fourth-order valence-electron chi connectivity index (χ4n) is 3.36. The molecule has 1 aromatic heterocycles. The average molecular weight is 388 g/mol. The number of benzene rings is 1. The van der Waals surface area contributed by atoms with E-state index < -0.39 is 11.4 Å². The number of amides is 1. The zero-order valence-corrected chi connectivity index (χ0v) is 15.9. The van der Waals surface area contributed by atoms with Gasteiger partial charge in [0.05, 0.1) is 12.8 Å². The van der Waals surface area contributed by atoms with Gasteiger partial charge in [0.25, 0.3) is 5.91 Å². The minimum Gasteiger partial charge on any atom is -0.497 e. The van der Waals surface area contributed by atoms with Crippen molar-refractivity contribution in [1.82, 2.24) is 20.2 Å². The lowest BCUT2D eigenvalue weighted by Gasteiger charge is -2.38. The second-order valence-electron chi connectivity index (χ2n) is 6.94. The van der Waals surface area contributed by atoms with Gasteiger partial charge in [0.1, 0.15) is 11.6 Å². The third-order valence-electron chi connectivity index (χ3n) is 4.91. The van der Waals surface area contributed by atoms with Crippen LogP contribution in [-0.4, -0.2) is 58.2 Å². The number of aromatic nitrogens is 2. The van der Waals surface area contributed by atoms with Gasteiger partial charge in [0, 0.05) is 56.8 Å². The number of carbonyl (C=O) groups is 1. The molecule has 1 aromatic carbocycles. The molecule has 0 saturated carbocycles. The summed E-state index contributed by atoms with van der Waals surface area (Å²) in [7, 11) is 1.51. The molecule has 1 unspecified atom stereocenters. The topological polar surface area (TPSA) is 87.6 Å². The summed E-state index contributed by atoms with van der Waals surface area (Å²) in [5, 5.41) is 14.0. The van der Waals surface area contributed by atoms with Crippen molar-refractivity contribution < 1.29 is 19.0 Å². The van der Waals surface area contributed by atoms with E-state index in [9.17, 15) is 14.3 Å². The number of piperidine rings is 1. The molecule has 1 amide bonds. The van der Waals surface area contributed by atoms with Gasteiger partial charge < -0.3 is 20.1 Å². The maximum Gasteiger partial charge on any atom is 0.256 e. The highest BCUT2D eigenvalue weighted by molar-refractivity contribution is 5.86. The summed E-state index contributed by atoms with van der Waals surface area (Å²) in [6.07, 6.45) is 6.60. The highest BCUT2D eigenvalue weighted by Crippen LogP contribution is 2.25. The Morgan fingerprint density at radius 1 is 1.39 bits per heavy atom. The Morgan fingerprint density at radius 3 is 3.00 bits per heavy atom. The number of hydrogen-bond acceptors (Lipinski definition) is 6. The molecular formula is C20H25FN4O3. The van der Waals surface area contributed by atoms with E-state index in [-0.39, 0.29) is 19.0 Å². The molecule has 3 rings (SSSR count). The van der Waals surface area contributed by atoms with E-state index in [1.165, 1.54) is 24.1 Å². The summed E-state index contributed by atoms with van der Waals surface area (Å²) in [5.74, 6) is -0.250. The van der Waals surface area contributed by atoms with Gasteiger partial charge in [0.15, 0.2) is 5.60 Å². The highest BCUT2D eigenvalue weighted by atomic mass is 19.1. The van der Waals surface area contributed by atoms with Crippen LogP contribution in [0.15, 0.2) is 36.8 Å². The second kappa shape index (κ2) is 9.07. The van der Waals surface area contributed by atoms with E-state index >= 15 is 0 Å². The molecule has 1 fully saturated rings. The molecule has 1 atom stereocenters. The Kier molecular flexibility index (Phi) is 6.53. The van der Waals surface area contributed by atoms with Crippen LogP contribution in [0.4, 0.5) is 4.39 Å². The summed E-state index contributed by atoms with van der Waals surface area (Å²) in [6.45, 7) is 1.29. The van der Waals surface area contributed by atoms with E-state index in [1.54, 1.807) is 24.7 Å². The average Bonchev–Trinajstić information content (AvgIpc) is 2.71. The number of rotatable bonds is 8. The van der Waals surface area contributed by atoms with Gasteiger partial charge in [-0.15, -0.1) is 0 Å². The van der Waals surface area contributed by atoms with Gasteiger partial charge in [-0.3, -0.25) is 14.8 Å². The molecule has 150 valence electrons. The largest absolute Gasteiger partial charge is 0.497 e. The van der Waals surface area contributed by atoms with Crippen molar-refractivity contribution in [3.05, 3.63) is 53.9 Å². The van der Waals surface area contributed by atoms with Crippen LogP contribution >= 0.6 is 0 Å². The van der Waals surface area contributed by atoms with Crippen molar-refractivity contribution in [3.8, 4) is 5.75 Å². The summed E-state index contributed by atoms with van der Waals surface area (Å²) in [6, 6.07) is 4.44. The van der Waals surface area contributed by atoms with Gasteiger partial charge in [-0.25, -0.2) is 4.39 Å². The molecule has 0 radical (unpaired) electrons. The van der Waals surface area contributed by atoms with Gasteiger partial charge in [-0.2, -0.15) is 0 Å². The Balaban J connectivity index is 1.58. The van der Waals surface area contributed by atoms with Crippen LogP contribution in [0, 0.1) is 5.82 Å². The minimum absolute atomic E-state index is 0.101. The Labute approximate surface area is 163 Å². The molecular weight excluding hydrogens is 363 g/mol. The van der Waals surface area contributed by atoms with E-state index in [4.69, 9.17) is 4.74 Å². The van der Waals surface area contributed by atoms with Crippen molar-refractivity contribution in [3.63, 3.8) is 0 Å². The first kappa shape index (κ1) is 20.2. The lowest BCUT2D eigenvalue weighted by molar-refractivity contribution is -0.157. The van der Waals surface area contributed by atoms with E-state index in [1.807, 2.05) is 0 Å². The number of nitrogens with zero attached hydrogens (tertiary/aromatic N) is 3. The van der Waals surface area contributed by atoms with E-state index in [0.29, 0.717) is 43.7 Å². The summed E-state index contributed by atoms with van der Waals surface area (Å²) < 4.78 is 19.2. The van der Waals surface area contributed by atoms with Crippen LogP contribution < -0.4 is 10.1 Å². The number of aliphatic hydroxyl groups is 1. The molecule has 1 aliphatic heterocycles. The predicted octanol–water partition coefficient (Wildman–Crippen LogP) is 1.31. The number of likely N-dealkylation sites (tertiary alicyclic amines) is 1. The molecule has 28 heavy (non-hydrogen) atoms. The maximum atomic E-state index is 14.1. The number of ether oxygens (including phenoxy) is 1. The number of hydrogen-bond donors (Lipinski definition) is 2. The van der Waals surface area contributed by atoms with Crippen molar-refractivity contribution >= 4 is 5.91 Å². The van der Waals surface area contributed by atoms with E-state index in [2.05, 4.69) is 15.3 Å². The maximum absolute atomic E-state index is 14.1. The first-order chi connectivity index (χ1) is 13.5. The number of halogens is 1. The van der Waals surface area contributed by atoms with Crippen molar-refractivity contribution in [1.29, 1.82) is 0 Å². The Hall–Kier alpha value is -2.58. The lowest BCUT2D eigenvalue weighted by atomic mass is 9.91. The zero-order valence-electron chi connectivity index (χ0n) is 15.9. The predicted molar refractivity (Wildman–Crippen MR) is 101 cm³/mol. The highest BCUT2D eigenvalue weighted by Gasteiger charge is 2.41. The lowest BCUT2D eigenvalue weighted by Crippen LogP contribution is -2.57. The summed E-state index contributed by atoms with van der Waals surface area (Å²) >= 11 is 0.